The summed E-state index contributed by atoms with van der Waals surface area (Å²) in [7, 11) is 0.550. The lowest BCUT2D eigenvalue weighted by Crippen LogP contribution is -2.34. The van der Waals surface area contributed by atoms with Crippen molar-refractivity contribution in [2.75, 3.05) is 7.11 Å². The Hall–Kier alpha value is -0.390. The van der Waals surface area contributed by atoms with Crippen molar-refractivity contribution >= 4 is 26.9 Å². The maximum Gasteiger partial charge on any atom is 0.133 e. The Labute approximate surface area is 120 Å². The van der Waals surface area contributed by atoms with Crippen molar-refractivity contribution in [2.45, 2.75) is 38.5 Å². The summed E-state index contributed by atoms with van der Waals surface area (Å²) in [5.41, 5.74) is 1.05. The first-order valence-electron chi connectivity index (χ1n) is 5.77. The first-order chi connectivity index (χ1) is 8.25. The summed E-state index contributed by atoms with van der Waals surface area (Å²) in [6.07, 6.45) is 0. The molecule has 0 aromatic heterocycles. The minimum absolute atomic E-state index is 0.00654. The first kappa shape index (κ1) is 15.7. The number of halogens is 1. The number of methoxy groups -OCH3 is 1. The standard InChI is InChI=1S/C13H20BrNO2S/c1-9(15-18(16)13(2,3)4)10-6-7-11(14)12(8-10)17-5/h6-9,15H,1-5H3/t9-,18+/m0/s1. The van der Waals surface area contributed by atoms with E-state index in [9.17, 15) is 4.21 Å². The lowest BCUT2D eigenvalue weighted by Gasteiger charge is -2.22. The molecule has 1 N–H and O–H groups in total. The smallest absolute Gasteiger partial charge is 0.133 e. The molecule has 0 bridgehead atoms. The van der Waals surface area contributed by atoms with Gasteiger partial charge < -0.3 is 4.74 Å². The highest BCUT2D eigenvalue weighted by Gasteiger charge is 2.21. The van der Waals surface area contributed by atoms with E-state index in [0.717, 1.165) is 15.8 Å². The molecule has 1 rings (SSSR count). The Bertz CT molecular complexity index is 443. The lowest BCUT2D eigenvalue weighted by atomic mass is 10.1. The third kappa shape index (κ3) is 4.07. The van der Waals surface area contributed by atoms with Gasteiger partial charge in [0, 0.05) is 6.04 Å². The van der Waals surface area contributed by atoms with E-state index in [1.807, 2.05) is 45.9 Å². The zero-order valence-electron chi connectivity index (χ0n) is 11.4. The molecular formula is C13H20BrNO2S. The highest BCUT2D eigenvalue weighted by atomic mass is 79.9. The second-order valence-electron chi connectivity index (χ2n) is 5.11. The van der Waals surface area contributed by atoms with Gasteiger partial charge in [-0.3, -0.25) is 0 Å². The van der Waals surface area contributed by atoms with E-state index in [1.54, 1.807) is 7.11 Å². The van der Waals surface area contributed by atoms with Gasteiger partial charge in [-0.2, -0.15) is 0 Å². The summed E-state index contributed by atoms with van der Waals surface area (Å²) in [5, 5.41) is 0. The Morgan fingerprint density at radius 1 is 1.39 bits per heavy atom. The van der Waals surface area contributed by atoms with Crippen LogP contribution in [0.1, 0.15) is 39.3 Å². The fourth-order valence-electron chi connectivity index (χ4n) is 1.35. The van der Waals surface area contributed by atoms with Crippen LogP contribution in [0.2, 0.25) is 0 Å². The zero-order valence-corrected chi connectivity index (χ0v) is 13.8. The van der Waals surface area contributed by atoms with Gasteiger partial charge >= 0.3 is 0 Å². The Balaban J connectivity index is 2.85. The molecule has 0 fully saturated rings. The van der Waals surface area contributed by atoms with E-state index in [4.69, 9.17) is 4.74 Å². The number of rotatable bonds is 4. The van der Waals surface area contributed by atoms with Crippen LogP contribution in [0.25, 0.3) is 0 Å². The number of nitrogens with one attached hydrogen (secondary N) is 1. The van der Waals surface area contributed by atoms with E-state index < -0.39 is 11.0 Å². The van der Waals surface area contributed by atoms with E-state index in [1.165, 1.54) is 0 Å². The molecule has 1 aromatic rings. The van der Waals surface area contributed by atoms with Gasteiger partial charge in [-0.15, -0.1) is 0 Å². The Morgan fingerprint density at radius 2 is 2.00 bits per heavy atom. The molecule has 3 nitrogen and oxygen atoms in total. The van der Waals surface area contributed by atoms with Gasteiger partial charge in [0.2, 0.25) is 0 Å². The number of ether oxygens (including phenoxy) is 1. The first-order valence-corrected chi connectivity index (χ1v) is 7.71. The predicted octanol–water partition coefficient (Wildman–Crippen LogP) is 3.57. The van der Waals surface area contributed by atoms with Crippen molar-refractivity contribution in [3.8, 4) is 5.75 Å². The third-order valence-corrected chi connectivity index (χ3v) is 4.85. The number of benzene rings is 1. The largest absolute Gasteiger partial charge is 0.496 e. The topological polar surface area (TPSA) is 38.3 Å². The summed E-state index contributed by atoms with van der Waals surface area (Å²) < 4.78 is 21.0. The third-order valence-electron chi connectivity index (χ3n) is 2.52. The van der Waals surface area contributed by atoms with Crippen molar-refractivity contribution in [1.29, 1.82) is 0 Å². The van der Waals surface area contributed by atoms with E-state index in [2.05, 4.69) is 20.7 Å². The monoisotopic (exact) mass is 333 g/mol. The van der Waals surface area contributed by atoms with Gasteiger partial charge in [0.05, 0.1) is 27.3 Å². The predicted molar refractivity (Wildman–Crippen MR) is 80.1 cm³/mol. The molecule has 0 aliphatic carbocycles. The number of hydrogen-bond acceptors (Lipinski definition) is 2. The van der Waals surface area contributed by atoms with Crippen molar-refractivity contribution in [3.05, 3.63) is 28.2 Å². The molecule has 0 saturated carbocycles. The minimum Gasteiger partial charge on any atom is -0.496 e. The molecule has 2 atom stereocenters. The molecule has 0 aliphatic rings. The maximum absolute atomic E-state index is 12.0. The molecular weight excluding hydrogens is 314 g/mol. The van der Waals surface area contributed by atoms with Crippen LogP contribution < -0.4 is 9.46 Å². The Kier molecular flexibility index (Phi) is 5.37. The van der Waals surface area contributed by atoms with Gasteiger partial charge in [0.25, 0.3) is 0 Å². The van der Waals surface area contributed by atoms with Crippen LogP contribution in [0.15, 0.2) is 22.7 Å². The SMILES string of the molecule is COc1cc([C@H](C)N[S@](=O)C(C)(C)C)ccc1Br. The van der Waals surface area contributed by atoms with Gasteiger partial charge in [0.15, 0.2) is 0 Å². The summed E-state index contributed by atoms with van der Waals surface area (Å²) >= 11 is 3.42. The normalized spacial score (nSPS) is 15.2. The highest BCUT2D eigenvalue weighted by Crippen LogP contribution is 2.28. The minimum atomic E-state index is -1.08. The molecule has 0 spiro atoms. The molecule has 0 radical (unpaired) electrons. The van der Waals surface area contributed by atoms with Crippen molar-refractivity contribution in [1.82, 2.24) is 4.72 Å². The zero-order chi connectivity index (χ0) is 13.9. The van der Waals surface area contributed by atoms with Crippen LogP contribution in [0, 0.1) is 0 Å². The highest BCUT2D eigenvalue weighted by molar-refractivity contribution is 9.10. The van der Waals surface area contributed by atoms with Crippen molar-refractivity contribution in [3.63, 3.8) is 0 Å². The van der Waals surface area contributed by atoms with Crippen molar-refractivity contribution in [2.24, 2.45) is 0 Å². The molecule has 0 aliphatic heterocycles. The van der Waals surface area contributed by atoms with Crippen LogP contribution in [-0.4, -0.2) is 16.1 Å². The molecule has 0 heterocycles. The summed E-state index contributed by atoms with van der Waals surface area (Å²) in [5.74, 6) is 0.780. The fraction of sp³-hybridized carbons (Fsp3) is 0.538. The average Bonchev–Trinajstić information content (AvgIpc) is 2.28. The van der Waals surface area contributed by atoms with E-state index in [-0.39, 0.29) is 10.8 Å². The van der Waals surface area contributed by atoms with E-state index in [0.29, 0.717) is 0 Å². The molecule has 5 heteroatoms. The molecule has 102 valence electrons. The van der Waals surface area contributed by atoms with Crippen LogP contribution >= 0.6 is 15.9 Å². The molecule has 18 heavy (non-hydrogen) atoms. The molecule has 1 aromatic carbocycles. The fourth-order valence-corrected chi connectivity index (χ4v) is 2.57. The van der Waals surface area contributed by atoms with Crippen LogP contribution in [0.4, 0.5) is 0 Å². The van der Waals surface area contributed by atoms with Crippen molar-refractivity contribution < 1.29 is 8.95 Å². The summed E-state index contributed by atoms with van der Waals surface area (Å²) in [6.45, 7) is 7.84. The van der Waals surface area contributed by atoms with Crippen LogP contribution in [0.5, 0.6) is 5.75 Å². The van der Waals surface area contributed by atoms with Gasteiger partial charge in [-0.05, 0) is 61.3 Å². The van der Waals surface area contributed by atoms with Crippen LogP contribution in [0.3, 0.4) is 0 Å². The second-order valence-corrected chi connectivity index (χ2v) is 7.97. The molecule has 0 unspecified atom stereocenters. The molecule has 0 amide bonds. The second kappa shape index (κ2) is 6.17. The molecule has 0 saturated heterocycles. The summed E-state index contributed by atoms with van der Waals surface area (Å²) in [6, 6.07) is 5.88. The van der Waals surface area contributed by atoms with Gasteiger partial charge in [-0.1, -0.05) is 6.07 Å². The van der Waals surface area contributed by atoms with Gasteiger partial charge in [-0.25, -0.2) is 8.93 Å². The summed E-state index contributed by atoms with van der Waals surface area (Å²) in [4.78, 5) is 0. The maximum atomic E-state index is 12.0. The Morgan fingerprint density at radius 3 is 2.50 bits per heavy atom. The quantitative estimate of drug-likeness (QED) is 0.914. The van der Waals surface area contributed by atoms with Gasteiger partial charge in [0.1, 0.15) is 5.75 Å². The van der Waals surface area contributed by atoms with E-state index >= 15 is 0 Å². The average molecular weight is 334 g/mol. The van der Waals surface area contributed by atoms with Crippen LogP contribution in [-0.2, 0) is 11.0 Å². The number of hydrogen-bond donors (Lipinski definition) is 1. The lowest BCUT2D eigenvalue weighted by molar-refractivity contribution is 0.411.